The van der Waals surface area contributed by atoms with Crippen LogP contribution in [0.4, 0.5) is 10.1 Å². The summed E-state index contributed by atoms with van der Waals surface area (Å²) in [5, 5.41) is 1.39. The normalized spacial score (nSPS) is 19.9. The van der Waals surface area contributed by atoms with E-state index in [1.165, 1.54) is 12.1 Å². The molecule has 138 valence electrons. The Kier molecular flexibility index (Phi) is 5.35. The van der Waals surface area contributed by atoms with Crippen LogP contribution in [0.5, 0.6) is 0 Å². The largest absolute Gasteiger partial charge is 0.366 e. The third-order valence-electron chi connectivity index (χ3n) is 4.78. The summed E-state index contributed by atoms with van der Waals surface area (Å²) >= 11 is 12.1. The Bertz CT molecular complexity index is 769. The average molecular weight is 402 g/mol. The molecule has 0 spiro atoms. The third-order valence-corrected chi connectivity index (χ3v) is 5.28. The van der Waals surface area contributed by atoms with Crippen molar-refractivity contribution in [3.63, 3.8) is 0 Å². The number of hydrogen-bond acceptors (Lipinski definition) is 2. The Morgan fingerprint density at radius 2 is 1.15 bits per heavy atom. The number of ether oxygens (including phenoxy) is 1. The second kappa shape index (κ2) is 7.89. The molecule has 0 radical (unpaired) electrons. The molecule has 1 fully saturated rings. The monoisotopic (exact) mass is 401 g/mol. The van der Waals surface area contributed by atoms with Gasteiger partial charge in [0.15, 0.2) is 0 Å². The highest BCUT2D eigenvalue weighted by atomic mass is 35.5. The van der Waals surface area contributed by atoms with Crippen molar-refractivity contribution in [1.29, 1.82) is 0 Å². The summed E-state index contributed by atoms with van der Waals surface area (Å²) in [6.45, 7) is 1.36. The highest BCUT2D eigenvalue weighted by molar-refractivity contribution is 6.30. The molecule has 27 heavy (non-hydrogen) atoms. The lowest BCUT2D eigenvalue weighted by Crippen LogP contribution is -2.40. The van der Waals surface area contributed by atoms with Crippen molar-refractivity contribution in [3.8, 4) is 0 Å². The Hall–Kier alpha value is -2.07. The zero-order chi connectivity index (χ0) is 18.8. The summed E-state index contributed by atoms with van der Waals surface area (Å²) in [6, 6.07) is 22.0. The van der Waals surface area contributed by atoms with E-state index in [1.807, 2.05) is 48.5 Å². The first-order valence-corrected chi connectivity index (χ1v) is 9.51. The Morgan fingerprint density at radius 3 is 1.59 bits per heavy atom. The number of halogens is 3. The predicted molar refractivity (Wildman–Crippen MR) is 108 cm³/mol. The molecule has 0 amide bonds. The van der Waals surface area contributed by atoms with Gasteiger partial charge in [0.2, 0.25) is 0 Å². The molecule has 1 aliphatic heterocycles. The third kappa shape index (κ3) is 4.27. The van der Waals surface area contributed by atoms with Gasteiger partial charge in [0.1, 0.15) is 18.0 Å². The van der Waals surface area contributed by atoms with E-state index >= 15 is 0 Å². The smallest absolute Gasteiger partial charge is 0.123 e. The maximum atomic E-state index is 13.3. The SMILES string of the molecule is Fc1ccc(N2C[C@@H](c3ccc(Cl)cc3)O[C@H](c3ccc(Cl)cc3)C2)cc1. The highest BCUT2D eigenvalue weighted by Crippen LogP contribution is 2.36. The minimum atomic E-state index is -0.240. The summed E-state index contributed by atoms with van der Waals surface area (Å²) in [4.78, 5) is 2.22. The van der Waals surface area contributed by atoms with Gasteiger partial charge in [-0.1, -0.05) is 47.5 Å². The molecule has 2 atom stereocenters. The van der Waals surface area contributed by atoms with Crippen LogP contribution in [0.25, 0.3) is 0 Å². The molecule has 2 nitrogen and oxygen atoms in total. The number of nitrogens with zero attached hydrogens (tertiary/aromatic N) is 1. The van der Waals surface area contributed by atoms with E-state index in [9.17, 15) is 4.39 Å². The van der Waals surface area contributed by atoms with E-state index in [1.54, 1.807) is 12.1 Å². The van der Waals surface area contributed by atoms with Crippen LogP contribution in [-0.2, 0) is 4.74 Å². The van der Waals surface area contributed by atoms with E-state index in [2.05, 4.69) is 4.90 Å². The molecule has 3 aromatic rings. The van der Waals surface area contributed by atoms with Gasteiger partial charge >= 0.3 is 0 Å². The standard InChI is InChI=1S/C22H18Cl2FNO/c23-17-5-1-15(2-6-17)21-13-26(20-11-9-19(25)10-12-20)14-22(27-21)16-3-7-18(24)8-4-16/h1-12,21-22H,13-14H2/t21-,22-/m0/s1. The number of rotatable bonds is 3. The van der Waals surface area contributed by atoms with Crippen LogP contribution >= 0.6 is 23.2 Å². The minimum Gasteiger partial charge on any atom is -0.366 e. The maximum Gasteiger partial charge on any atom is 0.123 e. The van der Waals surface area contributed by atoms with E-state index in [0.29, 0.717) is 23.1 Å². The van der Waals surface area contributed by atoms with Crippen molar-refractivity contribution in [2.75, 3.05) is 18.0 Å². The van der Waals surface area contributed by atoms with Crippen LogP contribution in [0.2, 0.25) is 10.0 Å². The van der Waals surface area contributed by atoms with Crippen molar-refractivity contribution in [1.82, 2.24) is 0 Å². The minimum absolute atomic E-state index is 0.123. The van der Waals surface area contributed by atoms with Gasteiger partial charge in [-0.25, -0.2) is 4.39 Å². The van der Waals surface area contributed by atoms with Crippen molar-refractivity contribution in [2.45, 2.75) is 12.2 Å². The number of anilines is 1. The summed E-state index contributed by atoms with van der Waals surface area (Å²) < 4.78 is 19.8. The highest BCUT2D eigenvalue weighted by Gasteiger charge is 2.30. The van der Waals surface area contributed by atoms with Gasteiger partial charge in [0.05, 0.1) is 0 Å². The molecule has 4 rings (SSSR count). The van der Waals surface area contributed by atoms with Gasteiger partial charge in [-0.05, 0) is 59.7 Å². The number of hydrogen-bond donors (Lipinski definition) is 0. The first kappa shape index (κ1) is 18.3. The summed E-state index contributed by atoms with van der Waals surface area (Å²) in [6.07, 6.45) is -0.247. The van der Waals surface area contributed by atoms with Gasteiger partial charge in [0.25, 0.3) is 0 Å². The van der Waals surface area contributed by atoms with Crippen molar-refractivity contribution in [3.05, 3.63) is 99.8 Å². The fraction of sp³-hybridized carbons (Fsp3) is 0.182. The van der Waals surface area contributed by atoms with E-state index in [0.717, 1.165) is 16.8 Å². The molecule has 0 aromatic heterocycles. The second-order valence-corrected chi connectivity index (χ2v) is 7.47. The Balaban J connectivity index is 1.66. The fourth-order valence-electron chi connectivity index (χ4n) is 3.34. The van der Waals surface area contributed by atoms with Crippen LogP contribution in [0.1, 0.15) is 23.3 Å². The molecule has 0 saturated carbocycles. The average Bonchev–Trinajstić information content (AvgIpc) is 2.69. The van der Waals surface area contributed by atoms with E-state index < -0.39 is 0 Å². The maximum absolute atomic E-state index is 13.3. The Labute approximate surface area is 168 Å². The molecule has 1 saturated heterocycles. The molecular formula is C22H18Cl2FNO. The number of benzene rings is 3. The summed E-state index contributed by atoms with van der Waals surface area (Å²) in [7, 11) is 0. The van der Waals surface area contributed by atoms with E-state index in [4.69, 9.17) is 27.9 Å². The molecule has 0 aliphatic carbocycles. The lowest BCUT2D eigenvalue weighted by molar-refractivity contribution is -0.0293. The molecule has 3 aromatic carbocycles. The van der Waals surface area contributed by atoms with Crippen LogP contribution in [0.3, 0.4) is 0 Å². The van der Waals surface area contributed by atoms with Gasteiger partial charge in [-0.15, -0.1) is 0 Å². The quantitative estimate of drug-likeness (QED) is 0.499. The zero-order valence-electron chi connectivity index (χ0n) is 14.5. The van der Waals surface area contributed by atoms with Crippen LogP contribution in [0.15, 0.2) is 72.8 Å². The fourth-order valence-corrected chi connectivity index (χ4v) is 3.60. The second-order valence-electron chi connectivity index (χ2n) is 6.60. The first-order valence-electron chi connectivity index (χ1n) is 8.75. The van der Waals surface area contributed by atoms with Crippen LogP contribution in [0, 0.1) is 5.82 Å². The van der Waals surface area contributed by atoms with Crippen molar-refractivity contribution < 1.29 is 9.13 Å². The molecule has 1 aliphatic rings. The first-order chi connectivity index (χ1) is 13.1. The molecule has 0 N–H and O–H groups in total. The lowest BCUT2D eigenvalue weighted by Gasteiger charge is -2.40. The molecular weight excluding hydrogens is 384 g/mol. The lowest BCUT2D eigenvalue weighted by atomic mass is 10.0. The topological polar surface area (TPSA) is 12.5 Å². The summed E-state index contributed by atoms with van der Waals surface area (Å²) in [5.74, 6) is -0.240. The molecule has 0 unspecified atom stereocenters. The molecule has 1 heterocycles. The molecule has 0 bridgehead atoms. The zero-order valence-corrected chi connectivity index (χ0v) is 16.0. The van der Waals surface area contributed by atoms with E-state index in [-0.39, 0.29) is 18.0 Å². The van der Waals surface area contributed by atoms with Gasteiger partial charge in [-0.3, -0.25) is 0 Å². The van der Waals surface area contributed by atoms with Crippen LogP contribution in [-0.4, -0.2) is 13.1 Å². The van der Waals surface area contributed by atoms with Crippen molar-refractivity contribution >= 4 is 28.9 Å². The summed E-state index contributed by atoms with van der Waals surface area (Å²) in [5.41, 5.74) is 3.09. The Morgan fingerprint density at radius 1 is 0.704 bits per heavy atom. The van der Waals surface area contributed by atoms with Gasteiger partial charge < -0.3 is 9.64 Å². The van der Waals surface area contributed by atoms with Gasteiger partial charge in [0, 0.05) is 28.8 Å². The van der Waals surface area contributed by atoms with Crippen molar-refractivity contribution in [2.24, 2.45) is 0 Å². The predicted octanol–water partition coefficient (Wildman–Crippen LogP) is 6.45. The van der Waals surface area contributed by atoms with Crippen LogP contribution < -0.4 is 4.90 Å². The number of morpholine rings is 1. The van der Waals surface area contributed by atoms with Gasteiger partial charge in [-0.2, -0.15) is 0 Å². The molecule has 5 heteroatoms.